The van der Waals surface area contributed by atoms with Crippen molar-refractivity contribution in [3.05, 3.63) is 46.5 Å². The third-order valence-electron chi connectivity index (χ3n) is 4.80. The molecule has 1 aliphatic rings. The summed E-state index contributed by atoms with van der Waals surface area (Å²) in [4.78, 5) is 0. The van der Waals surface area contributed by atoms with Crippen LogP contribution in [0.1, 0.15) is 39.1 Å². The van der Waals surface area contributed by atoms with Gasteiger partial charge in [0, 0.05) is 12.1 Å². The van der Waals surface area contributed by atoms with Crippen molar-refractivity contribution >= 4 is 27.6 Å². The van der Waals surface area contributed by atoms with Crippen LogP contribution in [0, 0.1) is 11.8 Å². The van der Waals surface area contributed by atoms with Crippen LogP contribution in [0.2, 0.25) is 0 Å². The number of aromatic nitrogens is 1. The second-order valence-corrected chi connectivity index (χ2v) is 7.29. The van der Waals surface area contributed by atoms with Gasteiger partial charge >= 0.3 is 0 Å². The summed E-state index contributed by atoms with van der Waals surface area (Å²) in [6, 6.07) is 8.71. The average molecular weight is 298 g/mol. The number of allylic oxidation sites excluding steroid dienone is 3. The quantitative estimate of drug-likeness (QED) is 0.670. The minimum Gasteiger partial charge on any atom is -0.182 e. The molecule has 0 amide bonds. The molecule has 1 heterocycles. The lowest BCUT2D eigenvalue weighted by Gasteiger charge is -2.26. The molecule has 0 saturated heterocycles. The molecule has 1 aromatic carbocycles. The Balaban J connectivity index is 2.07. The fourth-order valence-corrected chi connectivity index (χ4v) is 4.43. The second kappa shape index (κ2) is 5.76. The highest BCUT2D eigenvalue weighted by molar-refractivity contribution is 7.18. The lowest BCUT2D eigenvalue weighted by molar-refractivity contribution is -0.665. The zero-order chi connectivity index (χ0) is 15.0. The van der Waals surface area contributed by atoms with Crippen molar-refractivity contribution in [2.45, 2.75) is 40.7 Å². The molecule has 110 valence electrons. The molecule has 0 bridgehead atoms. The van der Waals surface area contributed by atoms with E-state index in [4.69, 9.17) is 0 Å². The van der Waals surface area contributed by atoms with Gasteiger partial charge in [-0.3, -0.25) is 0 Å². The Kier molecular flexibility index (Phi) is 3.99. The van der Waals surface area contributed by atoms with Crippen LogP contribution in [0.4, 0.5) is 0 Å². The summed E-state index contributed by atoms with van der Waals surface area (Å²) in [5.74, 6) is 1.45. The number of hydrogen-bond acceptors (Lipinski definition) is 1. The lowest BCUT2D eigenvalue weighted by atomic mass is 9.79. The Morgan fingerprint density at radius 1 is 1.29 bits per heavy atom. The molecule has 0 N–H and O–H groups in total. The molecule has 2 aromatic rings. The molecule has 0 spiro atoms. The van der Waals surface area contributed by atoms with Crippen LogP contribution in [-0.2, 0) is 6.54 Å². The van der Waals surface area contributed by atoms with Crippen LogP contribution >= 0.6 is 11.3 Å². The summed E-state index contributed by atoms with van der Waals surface area (Å²) in [6.07, 6.45) is 5.99. The first kappa shape index (κ1) is 14.5. The zero-order valence-electron chi connectivity index (χ0n) is 13.4. The van der Waals surface area contributed by atoms with Gasteiger partial charge in [0.15, 0.2) is 0 Å². The molecule has 0 radical (unpaired) electrons. The van der Waals surface area contributed by atoms with Crippen molar-refractivity contribution in [2.24, 2.45) is 11.8 Å². The standard InChI is InChI=1S/C19H24NS/c1-5-20-17-8-6-7-9-18(17)21-19(20)12-16-10-13(2)15(4)14(3)11-16/h6-10,12,14-15H,5,11H2,1-4H3/q+1. The Bertz CT molecular complexity index is 720. The van der Waals surface area contributed by atoms with Gasteiger partial charge in [-0.15, -0.1) is 0 Å². The van der Waals surface area contributed by atoms with E-state index in [1.54, 1.807) is 0 Å². The highest BCUT2D eigenvalue weighted by Crippen LogP contribution is 2.34. The molecule has 3 rings (SSSR count). The topological polar surface area (TPSA) is 3.88 Å². The monoisotopic (exact) mass is 298 g/mol. The average Bonchev–Trinajstić information content (AvgIpc) is 2.81. The molecule has 1 nitrogen and oxygen atoms in total. The Morgan fingerprint density at radius 2 is 2.05 bits per heavy atom. The first-order chi connectivity index (χ1) is 10.1. The maximum Gasteiger partial charge on any atom is 0.263 e. The first-order valence-electron chi connectivity index (χ1n) is 7.90. The Hall–Kier alpha value is -1.41. The zero-order valence-corrected chi connectivity index (χ0v) is 14.2. The van der Waals surface area contributed by atoms with Gasteiger partial charge in [0.05, 0.1) is 0 Å². The number of nitrogens with zero attached hydrogens (tertiary/aromatic N) is 1. The van der Waals surface area contributed by atoms with Gasteiger partial charge in [0.2, 0.25) is 5.52 Å². The van der Waals surface area contributed by atoms with Crippen LogP contribution < -0.4 is 4.57 Å². The van der Waals surface area contributed by atoms with E-state index >= 15 is 0 Å². The highest BCUT2D eigenvalue weighted by Gasteiger charge is 2.22. The molecule has 0 aliphatic heterocycles. The number of aryl methyl sites for hydroxylation is 1. The van der Waals surface area contributed by atoms with Crippen molar-refractivity contribution in [3.63, 3.8) is 0 Å². The maximum atomic E-state index is 2.43. The largest absolute Gasteiger partial charge is 0.263 e. The molecule has 21 heavy (non-hydrogen) atoms. The third-order valence-corrected chi connectivity index (χ3v) is 5.92. The summed E-state index contributed by atoms with van der Waals surface area (Å²) >= 11 is 1.90. The van der Waals surface area contributed by atoms with Crippen LogP contribution in [0.5, 0.6) is 0 Å². The van der Waals surface area contributed by atoms with E-state index in [1.165, 1.54) is 32.8 Å². The smallest absolute Gasteiger partial charge is 0.182 e. The number of thiazole rings is 1. The van der Waals surface area contributed by atoms with E-state index in [9.17, 15) is 0 Å². The highest BCUT2D eigenvalue weighted by atomic mass is 32.1. The predicted octanol–water partition coefficient (Wildman–Crippen LogP) is 5.21. The molecule has 2 heteroatoms. The lowest BCUT2D eigenvalue weighted by Crippen LogP contribution is -2.33. The first-order valence-corrected chi connectivity index (χ1v) is 8.72. The molecule has 2 unspecified atom stereocenters. The molecular formula is C19H24NS+. The van der Waals surface area contributed by atoms with Crippen LogP contribution in [-0.4, -0.2) is 0 Å². The normalized spacial score (nSPS) is 24.6. The molecule has 2 atom stereocenters. The van der Waals surface area contributed by atoms with Gasteiger partial charge in [-0.25, -0.2) is 0 Å². The van der Waals surface area contributed by atoms with Crippen LogP contribution in [0.25, 0.3) is 16.3 Å². The Morgan fingerprint density at radius 3 is 2.76 bits per heavy atom. The number of benzene rings is 1. The van der Waals surface area contributed by atoms with Gasteiger partial charge in [-0.05, 0) is 43.7 Å². The second-order valence-electron chi connectivity index (χ2n) is 6.23. The summed E-state index contributed by atoms with van der Waals surface area (Å²) in [5.41, 5.74) is 4.35. The summed E-state index contributed by atoms with van der Waals surface area (Å²) in [6.45, 7) is 10.2. The minimum absolute atomic E-state index is 0.711. The molecule has 1 aliphatic carbocycles. The van der Waals surface area contributed by atoms with Gasteiger partial charge in [0.25, 0.3) is 5.01 Å². The fraction of sp³-hybridized carbons (Fsp3) is 0.421. The van der Waals surface area contributed by atoms with Crippen molar-refractivity contribution in [3.8, 4) is 0 Å². The van der Waals surface area contributed by atoms with Gasteiger partial charge in [-0.2, -0.15) is 4.57 Å². The van der Waals surface area contributed by atoms with Gasteiger partial charge in [-0.1, -0.05) is 49.0 Å². The van der Waals surface area contributed by atoms with Crippen LogP contribution in [0.3, 0.4) is 0 Å². The van der Waals surface area contributed by atoms with Crippen molar-refractivity contribution in [2.75, 3.05) is 0 Å². The third kappa shape index (κ3) is 2.69. The maximum absolute atomic E-state index is 2.43. The number of rotatable bonds is 2. The van der Waals surface area contributed by atoms with Crippen molar-refractivity contribution in [1.82, 2.24) is 0 Å². The van der Waals surface area contributed by atoms with E-state index in [1.807, 2.05) is 11.3 Å². The van der Waals surface area contributed by atoms with Crippen LogP contribution in [0.15, 0.2) is 41.5 Å². The molecule has 1 aromatic heterocycles. The van der Waals surface area contributed by atoms with E-state index in [0.29, 0.717) is 5.92 Å². The van der Waals surface area contributed by atoms with Gasteiger partial charge < -0.3 is 0 Å². The van der Waals surface area contributed by atoms with E-state index in [0.717, 1.165) is 12.5 Å². The summed E-state index contributed by atoms with van der Waals surface area (Å²) in [7, 11) is 0. The van der Waals surface area contributed by atoms with E-state index in [-0.39, 0.29) is 0 Å². The fourth-order valence-electron chi connectivity index (χ4n) is 3.23. The number of para-hydroxylation sites is 1. The van der Waals surface area contributed by atoms with Gasteiger partial charge in [0.1, 0.15) is 11.2 Å². The van der Waals surface area contributed by atoms with E-state index < -0.39 is 0 Å². The Labute approximate surface area is 131 Å². The molecule has 0 fully saturated rings. The molecule has 0 saturated carbocycles. The van der Waals surface area contributed by atoms with Crippen molar-refractivity contribution in [1.29, 1.82) is 0 Å². The number of fused-ring (bicyclic) bond motifs is 1. The molecular weight excluding hydrogens is 274 g/mol. The SMILES string of the molecule is CC[n+]1c(C=C2C=C(C)C(C)C(C)C2)sc2ccccc21. The summed E-state index contributed by atoms with van der Waals surface area (Å²) in [5, 5.41) is 1.37. The van der Waals surface area contributed by atoms with Crippen molar-refractivity contribution < 1.29 is 4.57 Å². The predicted molar refractivity (Wildman–Crippen MR) is 92.4 cm³/mol. The summed E-state index contributed by atoms with van der Waals surface area (Å²) < 4.78 is 3.81. The number of hydrogen-bond donors (Lipinski definition) is 0. The minimum atomic E-state index is 0.711. The van der Waals surface area contributed by atoms with E-state index in [2.05, 4.69) is 68.7 Å².